The number of rotatable bonds is 1. The second kappa shape index (κ2) is 4.03. The second-order valence-corrected chi connectivity index (χ2v) is 8.10. The molecule has 1 aliphatic heterocycles. The van der Waals surface area contributed by atoms with Gasteiger partial charge in [-0.2, -0.15) is 4.31 Å². The van der Waals surface area contributed by atoms with Crippen molar-refractivity contribution in [1.82, 2.24) is 4.31 Å². The number of piperidine rings is 1. The number of sulfonamides is 1. The van der Waals surface area contributed by atoms with E-state index < -0.39 is 14.8 Å². The largest absolute Gasteiger partial charge is 0.326 e. The lowest BCUT2D eigenvalue weighted by Gasteiger charge is -2.37. The van der Waals surface area contributed by atoms with Crippen molar-refractivity contribution in [2.75, 3.05) is 13.1 Å². The molecule has 0 aromatic carbocycles. The van der Waals surface area contributed by atoms with Crippen molar-refractivity contribution in [1.29, 1.82) is 0 Å². The molecule has 90 valence electrons. The summed E-state index contributed by atoms with van der Waals surface area (Å²) in [6, 6.07) is -0.0316. The van der Waals surface area contributed by atoms with Gasteiger partial charge in [-0.25, -0.2) is 8.42 Å². The molecule has 1 aliphatic rings. The molecule has 1 fully saturated rings. The van der Waals surface area contributed by atoms with Crippen LogP contribution >= 0.6 is 0 Å². The van der Waals surface area contributed by atoms with Crippen molar-refractivity contribution >= 4 is 10.0 Å². The Labute approximate surface area is 92.9 Å². The van der Waals surface area contributed by atoms with Crippen molar-refractivity contribution in [3.8, 4) is 0 Å². The van der Waals surface area contributed by atoms with Gasteiger partial charge >= 0.3 is 0 Å². The highest BCUT2D eigenvalue weighted by molar-refractivity contribution is 7.90. The maximum atomic E-state index is 12.1. The topological polar surface area (TPSA) is 63.4 Å². The van der Waals surface area contributed by atoms with E-state index in [9.17, 15) is 8.42 Å². The first-order chi connectivity index (χ1) is 6.66. The summed E-state index contributed by atoms with van der Waals surface area (Å²) in [7, 11) is -3.20. The Balaban J connectivity index is 2.83. The molecular weight excluding hydrogens is 212 g/mol. The number of nitrogens with zero attached hydrogens (tertiary/aromatic N) is 1. The lowest BCUT2D eigenvalue weighted by molar-refractivity contribution is 0.248. The molecule has 2 N–H and O–H groups in total. The fourth-order valence-electron chi connectivity index (χ4n) is 1.67. The molecule has 0 spiro atoms. The molecule has 0 aliphatic carbocycles. The molecule has 1 rings (SSSR count). The maximum absolute atomic E-state index is 12.1. The Morgan fingerprint density at radius 3 is 2.27 bits per heavy atom. The Hall–Kier alpha value is -0.130. The average molecular weight is 234 g/mol. The van der Waals surface area contributed by atoms with Crippen LogP contribution in [0.2, 0.25) is 0 Å². The van der Waals surface area contributed by atoms with E-state index in [0.29, 0.717) is 19.0 Å². The molecule has 2 atom stereocenters. The van der Waals surface area contributed by atoms with Crippen molar-refractivity contribution < 1.29 is 8.42 Å². The van der Waals surface area contributed by atoms with E-state index in [2.05, 4.69) is 6.92 Å². The van der Waals surface area contributed by atoms with Crippen LogP contribution in [0.25, 0.3) is 0 Å². The highest BCUT2D eigenvalue weighted by atomic mass is 32.2. The molecule has 2 unspecified atom stereocenters. The van der Waals surface area contributed by atoms with Gasteiger partial charge in [-0.05, 0) is 33.1 Å². The van der Waals surface area contributed by atoms with E-state index in [4.69, 9.17) is 5.73 Å². The molecule has 0 radical (unpaired) electrons. The summed E-state index contributed by atoms with van der Waals surface area (Å²) in [6.07, 6.45) is 0.858. The van der Waals surface area contributed by atoms with Crippen LogP contribution in [0.1, 0.15) is 34.1 Å². The first kappa shape index (κ1) is 12.9. The van der Waals surface area contributed by atoms with Crippen LogP contribution < -0.4 is 5.73 Å². The molecule has 0 amide bonds. The third kappa shape index (κ3) is 2.52. The molecule has 0 aromatic heterocycles. The Morgan fingerprint density at radius 2 is 1.87 bits per heavy atom. The molecule has 5 heteroatoms. The van der Waals surface area contributed by atoms with Crippen LogP contribution in [-0.4, -0.2) is 36.6 Å². The third-order valence-electron chi connectivity index (χ3n) is 3.09. The first-order valence-corrected chi connectivity index (χ1v) is 6.85. The first-order valence-electron chi connectivity index (χ1n) is 5.41. The fraction of sp³-hybridized carbons (Fsp3) is 1.00. The van der Waals surface area contributed by atoms with E-state index in [1.54, 1.807) is 20.8 Å². The zero-order valence-electron chi connectivity index (χ0n) is 10.0. The van der Waals surface area contributed by atoms with Gasteiger partial charge in [0, 0.05) is 19.1 Å². The molecule has 4 nitrogen and oxygen atoms in total. The number of hydrogen-bond donors (Lipinski definition) is 1. The van der Waals surface area contributed by atoms with Gasteiger partial charge in [0.1, 0.15) is 0 Å². The van der Waals surface area contributed by atoms with Crippen molar-refractivity contribution in [2.45, 2.75) is 44.9 Å². The summed E-state index contributed by atoms with van der Waals surface area (Å²) in [5.41, 5.74) is 5.90. The molecule has 15 heavy (non-hydrogen) atoms. The Bertz CT molecular complexity index is 319. The van der Waals surface area contributed by atoms with Gasteiger partial charge in [-0.1, -0.05) is 6.92 Å². The molecule has 0 saturated carbocycles. The zero-order chi connectivity index (χ0) is 11.9. The summed E-state index contributed by atoms with van der Waals surface area (Å²) in [6.45, 7) is 8.32. The summed E-state index contributed by atoms with van der Waals surface area (Å²) in [5, 5.41) is 0. The molecule has 0 bridgehead atoms. The lowest BCUT2D eigenvalue weighted by atomic mass is 9.96. The minimum Gasteiger partial charge on any atom is -0.326 e. The zero-order valence-corrected chi connectivity index (χ0v) is 10.8. The van der Waals surface area contributed by atoms with E-state index in [-0.39, 0.29) is 6.04 Å². The van der Waals surface area contributed by atoms with Gasteiger partial charge < -0.3 is 5.73 Å². The molecule has 1 heterocycles. The van der Waals surface area contributed by atoms with E-state index in [0.717, 1.165) is 6.42 Å². The quantitative estimate of drug-likeness (QED) is 0.729. The van der Waals surface area contributed by atoms with Gasteiger partial charge in [0.15, 0.2) is 0 Å². The summed E-state index contributed by atoms with van der Waals surface area (Å²) >= 11 is 0. The van der Waals surface area contributed by atoms with Crippen LogP contribution in [0, 0.1) is 5.92 Å². The van der Waals surface area contributed by atoms with Crippen molar-refractivity contribution in [3.63, 3.8) is 0 Å². The smallest absolute Gasteiger partial charge is 0.219 e. The SMILES string of the molecule is CC1CCN(S(=O)(=O)C(C)(C)C)CC1N. The van der Waals surface area contributed by atoms with Crippen molar-refractivity contribution in [2.24, 2.45) is 11.7 Å². The monoisotopic (exact) mass is 234 g/mol. The van der Waals surface area contributed by atoms with Crippen LogP contribution in [0.3, 0.4) is 0 Å². The van der Waals surface area contributed by atoms with Crippen LogP contribution in [0.5, 0.6) is 0 Å². The van der Waals surface area contributed by atoms with Crippen molar-refractivity contribution in [3.05, 3.63) is 0 Å². The molecule has 0 aromatic rings. The van der Waals surface area contributed by atoms with E-state index in [1.807, 2.05) is 0 Å². The molecule has 1 saturated heterocycles. The summed E-state index contributed by atoms with van der Waals surface area (Å²) in [4.78, 5) is 0. The average Bonchev–Trinajstić information content (AvgIpc) is 2.07. The van der Waals surface area contributed by atoms with Gasteiger partial charge in [-0.15, -0.1) is 0 Å². The lowest BCUT2D eigenvalue weighted by Crippen LogP contribution is -2.53. The minimum atomic E-state index is -3.20. The summed E-state index contributed by atoms with van der Waals surface area (Å²) < 4.78 is 25.1. The number of nitrogens with two attached hydrogens (primary N) is 1. The Kier molecular flexibility index (Phi) is 3.48. The molecular formula is C10H22N2O2S. The highest BCUT2D eigenvalue weighted by Crippen LogP contribution is 2.25. The Morgan fingerprint density at radius 1 is 1.33 bits per heavy atom. The normalized spacial score (nSPS) is 30.5. The third-order valence-corrected chi connectivity index (χ3v) is 5.65. The second-order valence-electron chi connectivity index (χ2n) is 5.41. The van der Waals surface area contributed by atoms with E-state index in [1.165, 1.54) is 4.31 Å². The van der Waals surface area contributed by atoms with Gasteiger partial charge in [0.05, 0.1) is 4.75 Å². The minimum absolute atomic E-state index is 0.0316. The maximum Gasteiger partial charge on any atom is 0.219 e. The fourth-order valence-corrected chi connectivity index (χ4v) is 3.16. The van der Waals surface area contributed by atoms with Gasteiger partial charge in [-0.3, -0.25) is 0 Å². The van der Waals surface area contributed by atoms with Gasteiger partial charge in [0.25, 0.3) is 0 Å². The van der Waals surface area contributed by atoms with Gasteiger partial charge in [0.2, 0.25) is 10.0 Å². The predicted octanol–water partition coefficient (Wildman–Crippen LogP) is 0.784. The predicted molar refractivity (Wildman–Crippen MR) is 62.0 cm³/mol. The number of hydrogen-bond acceptors (Lipinski definition) is 3. The van der Waals surface area contributed by atoms with Crippen LogP contribution in [-0.2, 0) is 10.0 Å². The highest BCUT2D eigenvalue weighted by Gasteiger charge is 2.38. The van der Waals surface area contributed by atoms with Crippen LogP contribution in [0.4, 0.5) is 0 Å². The van der Waals surface area contributed by atoms with Crippen LogP contribution in [0.15, 0.2) is 0 Å². The standard InChI is InChI=1S/C10H22N2O2S/c1-8-5-6-12(7-9(8)11)15(13,14)10(2,3)4/h8-9H,5-7,11H2,1-4H3. The summed E-state index contributed by atoms with van der Waals surface area (Å²) in [5.74, 6) is 0.413. The van der Waals surface area contributed by atoms with E-state index >= 15 is 0 Å².